The number of anilines is 1. The number of fused-ring (bicyclic) bond motifs is 1. The minimum absolute atomic E-state index is 0.623. The number of methoxy groups -OCH3 is 1. The maximum atomic E-state index is 5.36. The molecule has 1 fully saturated rings. The van der Waals surface area contributed by atoms with Crippen LogP contribution < -0.4 is 9.64 Å². The molecule has 1 aromatic carbocycles. The van der Waals surface area contributed by atoms with E-state index in [1.165, 1.54) is 12.0 Å². The van der Waals surface area contributed by atoms with E-state index in [0.29, 0.717) is 5.88 Å². The standard InChI is InChI=1S/C17H21N7O/c1-25-17-15-12-14(2-3-16(15)18-13-19-17)23-9-6-22(7-10-23)8-11-24-5-4-20-21-24/h2-5,12-13H,6-11H2,1H3. The number of aromatic nitrogens is 5. The van der Waals surface area contributed by atoms with Crippen LogP contribution >= 0.6 is 0 Å². The molecule has 130 valence electrons. The smallest absolute Gasteiger partial charge is 0.224 e. The predicted molar refractivity (Wildman–Crippen MR) is 94.8 cm³/mol. The van der Waals surface area contributed by atoms with Crippen LogP contribution in [0.5, 0.6) is 5.88 Å². The molecular weight excluding hydrogens is 318 g/mol. The monoisotopic (exact) mass is 339 g/mol. The predicted octanol–water partition coefficient (Wildman–Crippen LogP) is 1.05. The summed E-state index contributed by atoms with van der Waals surface area (Å²) in [4.78, 5) is 13.4. The van der Waals surface area contributed by atoms with E-state index in [4.69, 9.17) is 4.74 Å². The molecule has 8 heteroatoms. The number of ether oxygens (including phenoxy) is 1. The fourth-order valence-corrected chi connectivity index (χ4v) is 3.21. The van der Waals surface area contributed by atoms with Crippen LogP contribution in [-0.2, 0) is 6.54 Å². The summed E-state index contributed by atoms with van der Waals surface area (Å²) in [6, 6.07) is 6.28. The molecule has 25 heavy (non-hydrogen) atoms. The first-order chi connectivity index (χ1) is 12.3. The molecule has 8 nitrogen and oxygen atoms in total. The van der Waals surface area contributed by atoms with Crippen LogP contribution in [0.2, 0.25) is 0 Å². The minimum Gasteiger partial charge on any atom is -0.480 e. The average Bonchev–Trinajstić information content (AvgIpc) is 3.19. The van der Waals surface area contributed by atoms with Crippen LogP contribution in [0.15, 0.2) is 36.9 Å². The van der Waals surface area contributed by atoms with Crippen molar-refractivity contribution < 1.29 is 4.74 Å². The SMILES string of the molecule is COc1ncnc2ccc(N3CCN(CCn4ccnn4)CC3)cc12. The maximum absolute atomic E-state index is 5.36. The second-order valence-electron chi connectivity index (χ2n) is 6.08. The second kappa shape index (κ2) is 7.02. The first-order valence-electron chi connectivity index (χ1n) is 8.43. The van der Waals surface area contributed by atoms with Gasteiger partial charge in [0.05, 0.1) is 30.8 Å². The Kier molecular flexibility index (Phi) is 4.43. The molecule has 2 aromatic heterocycles. The molecule has 3 aromatic rings. The van der Waals surface area contributed by atoms with Crippen LogP contribution in [0, 0.1) is 0 Å². The number of hydrogen-bond acceptors (Lipinski definition) is 7. The highest BCUT2D eigenvalue weighted by atomic mass is 16.5. The Hall–Kier alpha value is -2.74. The molecule has 0 aliphatic carbocycles. The molecule has 4 rings (SSSR count). The van der Waals surface area contributed by atoms with Gasteiger partial charge in [-0.25, -0.2) is 9.97 Å². The van der Waals surface area contributed by atoms with Crippen molar-refractivity contribution in [2.24, 2.45) is 0 Å². The molecule has 1 aliphatic rings. The van der Waals surface area contributed by atoms with Crippen molar-refractivity contribution in [3.8, 4) is 5.88 Å². The van der Waals surface area contributed by atoms with Gasteiger partial charge in [-0.1, -0.05) is 5.21 Å². The van der Waals surface area contributed by atoms with Crippen LogP contribution in [0.3, 0.4) is 0 Å². The number of nitrogens with zero attached hydrogens (tertiary/aromatic N) is 7. The highest BCUT2D eigenvalue weighted by molar-refractivity contribution is 5.86. The Morgan fingerprint density at radius 2 is 1.96 bits per heavy atom. The van der Waals surface area contributed by atoms with Gasteiger partial charge in [0.2, 0.25) is 5.88 Å². The Bertz CT molecular complexity index is 828. The van der Waals surface area contributed by atoms with Crippen molar-refractivity contribution >= 4 is 16.6 Å². The molecule has 0 atom stereocenters. The number of rotatable bonds is 5. The van der Waals surface area contributed by atoms with Crippen LogP contribution in [0.1, 0.15) is 0 Å². The summed E-state index contributed by atoms with van der Waals surface area (Å²) >= 11 is 0. The van der Waals surface area contributed by atoms with Crippen molar-refractivity contribution in [3.63, 3.8) is 0 Å². The molecule has 0 spiro atoms. The summed E-state index contributed by atoms with van der Waals surface area (Å²) < 4.78 is 7.24. The summed E-state index contributed by atoms with van der Waals surface area (Å²) in [5, 5.41) is 8.81. The topological polar surface area (TPSA) is 72.2 Å². The van der Waals surface area contributed by atoms with Crippen molar-refractivity contribution in [1.29, 1.82) is 0 Å². The summed E-state index contributed by atoms with van der Waals surface area (Å²) in [6.07, 6.45) is 5.16. The van der Waals surface area contributed by atoms with E-state index in [1.807, 2.05) is 16.9 Å². The lowest BCUT2D eigenvalue weighted by atomic mass is 10.2. The normalized spacial score (nSPS) is 15.6. The van der Waals surface area contributed by atoms with Crippen LogP contribution in [0.25, 0.3) is 10.9 Å². The molecular formula is C17H21N7O. The highest BCUT2D eigenvalue weighted by Crippen LogP contribution is 2.27. The Morgan fingerprint density at radius 1 is 1.08 bits per heavy atom. The number of piperazine rings is 1. The van der Waals surface area contributed by atoms with E-state index >= 15 is 0 Å². The van der Waals surface area contributed by atoms with E-state index in [1.54, 1.807) is 13.3 Å². The van der Waals surface area contributed by atoms with Crippen LogP contribution in [-0.4, -0.2) is 69.7 Å². The quantitative estimate of drug-likeness (QED) is 0.688. The highest BCUT2D eigenvalue weighted by Gasteiger charge is 2.18. The van der Waals surface area contributed by atoms with Crippen molar-refractivity contribution in [2.75, 3.05) is 44.7 Å². The molecule has 0 bridgehead atoms. The zero-order chi connectivity index (χ0) is 17.1. The van der Waals surface area contributed by atoms with E-state index in [9.17, 15) is 0 Å². The van der Waals surface area contributed by atoms with Gasteiger partial charge in [0.1, 0.15) is 6.33 Å². The first kappa shape index (κ1) is 15.8. The Labute approximate surface area is 146 Å². The first-order valence-corrected chi connectivity index (χ1v) is 8.43. The molecule has 1 saturated heterocycles. The van der Waals surface area contributed by atoms with Gasteiger partial charge in [0.15, 0.2) is 0 Å². The van der Waals surface area contributed by atoms with Crippen molar-refractivity contribution in [2.45, 2.75) is 6.54 Å². The lowest BCUT2D eigenvalue weighted by molar-refractivity contribution is 0.244. The lowest BCUT2D eigenvalue weighted by Gasteiger charge is -2.36. The van der Waals surface area contributed by atoms with Gasteiger partial charge >= 0.3 is 0 Å². The zero-order valence-electron chi connectivity index (χ0n) is 14.2. The third-order valence-electron chi connectivity index (χ3n) is 4.63. The van der Waals surface area contributed by atoms with Crippen molar-refractivity contribution in [3.05, 3.63) is 36.9 Å². The molecule has 0 radical (unpaired) electrons. The number of hydrogen-bond donors (Lipinski definition) is 0. The van der Waals surface area contributed by atoms with Gasteiger partial charge in [-0.05, 0) is 18.2 Å². The van der Waals surface area contributed by atoms with Gasteiger partial charge in [-0.2, -0.15) is 0 Å². The molecule has 0 amide bonds. The summed E-state index contributed by atoms with van der Waals surface area (Å²) in [5.74, 6) is 0.623. The second-order valence-corrected chi connectivity index (χ2v) is 6.08. The van der Waals surface area contributed by atoms with Gasteiger partial charge in [-0.3, -0.25) is 9.58 Å². The lowest BCUT2D eigenvalue weighted by Crippen LogP contribution is -2.47. The largest absolute Gasteiger partial charge is 0.480 e. The zero-order valence-corrected chi connectivity index (χ0v) is 14.2. The van der Waals surface area contributed by atoms with Gasteiger partial charge in [0.25, 0.3) is 0 Å². The van der Waals surface area contributed by atoms with Gasteiger partial charge in [0, 0.05) is 44.6 Å². The minimum atomic E-state index is 0.623. The summed E-state index contributed by atoms with van der Waals surface area (Å²) in [5.41, 5.74) is 2.10. The fraction of sp³-hybridized carbons (Fsp3) is 0.412. The molecule has 0 N–H and O–H groups in total. The fourth-order valence-electron chi connectivity index (χ4n) is 3.21. The third kappa shape index (κ3) is 3.39. The third-order valence-corrected chi connectivity index (χ3v) is 4.63. The van der Waals surface area contributed by atoms with E-state index in [0.717, 1.165) is 50.2 Å². The molecule has 0 unspecified atom stereocenters. The Morgan fingerprint density at radius 3 is 2.72 bits per heavy atom. The Balaban J connectivity index is 1.41. The summed E-state index contributed by atoms with van der Waals surface area (Å²) in [7, 11) is 1.64. The van der Waals surface area contributed by atoms with Gasteiger partial charge < -0.3 is 9.64 Å². The molecule has 1 aliphatic heterocycles. The maximum Gasteiger partial charge on any atom is 0.224 e. The van der Waals surface area contributed by atoms with Crippen molar-refractivity contribution in [1.82, 2.24) is 29.9 Å². The van der Waals surface area contributed by atoms with E-state index < -0.39 is 0 Å². The molecule has 0 saturated carbocycles. The summed E-state index contributed by atoms with van der Waals surface area (Å²) in [6.45, 7) is 5.95. The molecule has 3 heterocycles. The van der Waals surface area contributed by atoms with E-state index in [-0.39, 0.29) is 0 Å². The van der Waals surface area contributed by atoms with E-state index in [2.05, 4.69) is 42.2 Å². The van der Waals surface area contributed by atoms with Crippen LogP contribution in [0.4, 0.5) is 5.69 Å². The number of benzene rings is 1. The average molecular weight is 339 g/mol. The van der Waals surface area contributed by atoms with Gasteiger partial charge in [-0.15, -0.1) is 5.10 Å².